The maximum Gasteiger partial charge on any atom is 0.408 e. The first-order valence-electron chi connectivity index (χ1n) is 15.5. The smallest absolute Gasteiger partial charge is 0.408 e. The van der Waals surface area contributed by atoms with Crippen LogP contribution in [0.5, 0.6) is 0 Å². The van der Waals surface area contributed by atoms with Gasteiger partial charge in [0.1, 0.15) is 11.6 Å². The number of ether oxygens (including phenoxy) is 1. The van der Waals surface area contributed by atoms with Crippen LogP contribution in [0, 0.1) is 11.3 Å². The number of pyridine rings is 1. The number of hydrogen-bond acceptors (Lipinski definition) is 8. The predicted octanol–water partition coefficient (Wildman–Crippen LogP) is 3.58. The van der Waals surface area contributed by atoms with Gasteiger partial charge in [-0.05, 0) is 77.3 Å². The van der Waals surface area contributed by atoms with Gasteiger partial charge in [0.2, 0.25) is 11.8 Å². The quantitative estimate of drug-likeness (QED) is 0.378. The Morgan fingerprint density at radius 1 is 1.11 bits per heavy atom. The molecule has 4 rings (SSSR count). The molecule has 0 radical (unpaired) electrons. The molecule has 1 saturated carbocycles. The molecular weight excluding hydrogens is 598 g/mol. The first kappa shape index (κ1) is 36.2. The van der Waals surface area contributed by atoms with Gasteiger partial charge in [0.15, 0.2) is 5.78 Å². The summed E-state index contributed by atoms with van der Waals surface area (Å²) in [5.74, 6) is -1.64. The zero-order chi connectivity index (χ0) is 32.0. The van der Waals surface area contributed by atoms with Crippen LogP contribution in [0.25, 0.3) is 0 Å². The second-order valence-corrected chi connectivity index (χ2v) is 14.5. The van der Waals surface area contributed by atoms with E-state index in [1.807, 2.05) is 12.2 Å². The van der Waals surface area contributed by atoms with Crippen molar-refractivity contribution in [3.63, 3.8) is 0 Å². The average Bonchev–Trinajstić information content (AvgIpc) is 3.40. The van der Waals surface area contributed by atoms with Crippen LogP contribution >= 0.6 is 0 Å². The molecule has 3 aliphatic rings. The third kappa shape index (κ3) is 10.1. The van der Waals surface area contributed by atoms with Crippen molar-refractivity contribution in [1.82, 2.24) is 24.6 Å². The van der Waals surface area contributed by atoms with Crippen LogP contribution in [-0.2, 0) is 35.8 Å². The number of allylic oxidation sites excluding steroid dienone is 2. The van der Waals surface area contributed by atoms with Gasteiger partial charge >= 0.3 is 16.3 Å². The summed E-state index contributed by atoms with van der Waals surface area (Å²) in [5.41, 5.74) is -1.24. The van der Waals surface area contributed by atoms with Crippen LogP contribution in [0.3, 0.4) is 0 Å². The first-order chi connectivity index (χ1) is 20.8. The van der Waals surface area contributed by atoms with Crippen molar-refractivity contribution in [2.75, 3.05) is 13.1 Å². The van der Waals surface area contributed by atoms with Gasteiger partial charge in [-0.2, -0.15) is 13.1 Å². The van der Waals surface area contributed by atoms with Crippen molar-refractivity contribution in [2.45, 2.75) is 110 Å². The number of rotatable bonds is 7. The lowest BCUT2D eigenvalue weighted by Crippen LogP contribution is -2.53. The van der Waals surface area contributed by atoms with Gasteiger partial charge in [0.05, 0.1) is 11.5 Å². The zero-order valence-corrected chi connectivity index (χ0v) is 26.7. The second-order valence-electron chi connectivity index (χ2n) is 13.0. The number of amides is 3. The number of carbonyl (C=O) groups is 4. The van der Waals surface area contributed by atoms with E-state index < -0.39 is 45.3 Å². The van der Waals surface area contributed by atoms with Crippen LogP contribution in [0.2, 0.25) is 0 Å². The van der Waals surface area contributed by atoms with Gasteiger partial charge in [-0.1, -0.05) is 38.5 Å². The highest BCUT2D eigenvalue weighted by Gasteiger charge is 2.61. The topological polar surface area (TPSA) is 164 Å². The third-order valence-electron chi connectivity index (χ3n) is 8.33. The summed E-state index contributed by atoms with van der Waals surface area (Å²) in [6.45, 7) is 5.64. The summed E-state index contributed by atoms with van der Waals surface area (Å²) < 4.78 is 35.5. The molecule has 1 saturated heterocycles. The van der Waals surface area contributed by atoms with Gasteiger partial charge in [0, 0.05) is 37.8 Å². The molecule has 0 unspecified atom stereocenters. The fourth-order valence-electron chi connectivity index (χ4n) is 6.00. The van der Waals surface area contributed by atoms with Crippen LogP contribution in [0.4, 0.5) is 4.79 Å². The predicted molar refractivity (Wildman–Crippen MR) is 170 cm³/mol. The van der Waals surface area contributed by atoms with E-state index >= 15 is 0 Å². The SMILES string of the molecule is C.CC(C)(C)OC(=O)N[C@H]1CCCCC/C=C\[C@@H]2C[C@@]2(C(=O)NS(=O)(=O)NCCc2ccccn2)CC(=O)[C@@H]2CCCN2C1=O. The van der Waals surface area contributed by atoms with Crippen LogP contribution in [0.15, 0.2) is 36.5 Å². The summed E-state index contributed by atoms with van der Waals surface area (Å²) in [6.07, 6.45) is 9.90. The molecule has 0 bridgehead atoms. The normalized spacial score (nSPS) is 26.6. The van der Waals surface area contributed by atoms with E-state index in [0.29, 0.717) is 50.8 Å². The molecule has 2 fully saturated rings. The Balaban J connectivity index is 0.00000552. The molecule has 1 aliphatic carbocycles. The van der Waals surface area contributed by atoms with Gasteiger partial charge < -0.3 is 15.0 Å². The first-order valence-corrected chi connectivity index (χ1v) is 17.0. The third-order valence-corrected chi connectivity index (χ3v) is 9.37. The summed E-state index contributed by atoms with van der Waals surface area (Å²) >= 11 is 0. The van der Waals surface area contributed by atoms with Crippen molar-refractivity contribution in [3.05, 3.63) is 42.2 Å². The van der Waals surface area contributed by atoms with Gasteiger partial charge in [-0.3, -0.25) is 19.4 Å². The molecule has 45 heavy (non-hydrogen) atoms. The highest BCUT2D eigenvalue weighted by atomic mass is 32.2. The fraction of sp³-hybridized carbons (Fsp3) is 0.656. The maximum atomic E-state index is 13.8. The maximum absolute atomic E-state index is 13.8. The number of hydrogen-bond donors (Lipinski definition) is 3. The molecule has 13 heteroatoms. The van der Waals surface area contributed by atoms with Gasteiger partial charge in [-0.15, -0.1) is 0 Å². The number of ketones is 1. The Morgan fingerprint density at radius 3 is 2.60 bits per heavy atom. The molecule has 4 atom stereocenters. The molecule has 2 aliphatic heterocycles. The number of alkyl carbamates (subject to hydrolysis) is 1. The van der Waals surface area contributed by atoms with E-state index in [2.05, 4.69) is 19.7 Å². The highest BCUT2D eigenvalue weighted by Crippen LogP contribution is 2.57. The van der Waals surface area contributed by atoms with Gasteiger partial charge in [0.25, 0.3) is 0 Å². The highest BCUT2D eigenvalue weighted by molar-refractivity contribution is 7.88. The molecule has 0 aromatic carbocycles. The number of fused-ring (bicyclic) bond motifs is 2. The van der Waals surface area contributed by atoms with Gasteiger partial charge in [-0.25, -0.2) is 9.52 Å². The minimum absolute atomic E-state index is 0. The van der Waals surface area contributed by atoms with Crippen molar-refractivity contribution < 1.29 is 32.3 Å². The molecule has 3 N–H and O–H groups in total. The van der Waals surface area contributed by atoms with E-state index in [0.717, 1.165) is 19.3 Å². The Bertz CT molecular complexity index is 1350. The molecule has 250 valence electrons. The number of carbonyl (C=O) groups excluding carboxylic acids is 4. The second kappa shape index (κ2) is 15.3. The van der Waals surface area contributed by atoms with Crippen LogP contribution in [-0.4, -0.2) is 72.8 Å². The summed E-state index contributed by atoms with van der Waals surface area (Å²) in [4.78, 5) is 59.3. The molecule has 3 heterocycles. The standard InChI is InChI=1S/C31H45N5O7S.CH4/c1-30(2,3)43-29(40)34-24-14-8-6-4-5-7-12-22-20-31(22,21-26(37)25-15-11-19-36(25)27(24)38)28(39)35-44(41,42)33-18-16-23-13-9-10-17-32-23;/h7,9-10,12-13,17,22,24-25,33H,4-6,8,11,14-16,18-21H2,1-3H3,(H,34,40)(H,35,39);1H4/b12-7-;/t22-,24+,25+,31-;/m1./s1. The molecule has 12 nitrogen and oxygen atoms in total. The van der Waals surface area contributed by atoms with Crippen molar-refractivity contribution in [3.8, 4) is 0 Å². The average molecular weight is 648 g/mol. The minimum Gasteiger partial charge on any atom is -0.444 e. The molecule has 1 aromatic heterocycles. The summed E-state index contributed by atoms with van der Waals surface area (Å²) in [6, 6.07) is 3.76. The molecule has 3 amide bonds. The monoisotopic (exact) mass is 647 g/mol. The van der Waals surface area contributed by atoms with Crippen LogP contribution in [0.1, 0.15) is 91.7 Å². The lowest BCUT2D eigenvalue weighted by molar-refractivity contribution is -0.140. The van der Waals surface area contributed by atoms with E-state index in [4.69, 9.17) is 4.74 Å². The van der Waals surface area contributed by atoms with E-state index in [1.54, 1.807) is 45.2 Å². The Kier molecular flexibility index (Phi) is 12.3. The fourth-order valence-corrected chi connectivity index (χ4v) is 6.89. The largest absolute Gasteiger partial charge is 0.444 e. The zero-order valence-electron chi connectivity index (χ0n) is 25.8. The summed E-state index contributed by atoms with van der Waals surface area (Å²) in [7, 11) is -4.18. The van der Waals surface area contributed by atoms with Crippen LogP contribution < -0.4 is 14.8 Å². The van der Waals surface area contributed by atoms with E-state index in [1.165, 1.54) is 4.90 Å². The van der Waals surface area contributed by atoms with Crippen molar-refractivity contribution >= 4 is 33.9 Å². The number of aromatic nitrogens is 1. The number of Topliss-reactive ketones (excluding diaryl/α,β-unsaturated/α-hetero) is 1. The van der Waals surface area contributed by atoms with E-state index in [9.17, 15) is 27.6 Å². The Labute approximate surface area is 267 Å². The lowest BCUT2D eigenvalue weighted by atomic mass is 9.91. The van der Waals surface area contributed by atoms with Crippen molar-refractivity contribution in [2.24, 2.45) is 11.3 Å². The van der Waals surface area contributed by atoms with Crippen molar-refractivity contribution in [1.29, 1.82) is 0 Å². The number of nitrogens with one attached hydrogen (secondary N) is 3. The Morgan fingerprint density at radius 2 is 1.89 bits per heavy atom. The number of nitrogens with zero attached hydrogens (tertiary/aromatic N) is 2. The lowest BCUT2D eigenvalue weighted by Gasteiger charge is -2.30. The minimum atomic E-state index is -4.18. The molecule has 1 aromatic rings. The summed E-state index contributed by atoms with van der Waals surface area (Å²) in [5, 5.41) is 2.72. The Hall–Kier alpha value is -3.32. The molecule has 0 spiro atoms. The van der Waals surface area contributed by atoms with E-state index in [-0.39, 0.29) is 38.0 Å². The molecular formula is C32H49N5O7S.